The number of thiazole rings is 1. The van der Waals surface area contributed by atoms with Crippen molar-refractivity contribution in [3.63, 3.8) is 0 Å². The fourth-order valence-electron chi connectivity index (χ4n) is 3.67. The molecular weight excluding hydrogens is 378 g/mol. The summed E-state index contributed by atoms with van der Waals surface area (Å²) in [6.07, 6.45) is 5.57. The number of hydrogen-bond donors (Lipinski definition) is 0. The fraction of sp³-hybridized carbons (Fsp3) is 0.350. The Kier molecular flexibility index (Phi) is 5.06. The maximum Gasteiger partial charge on any atom is 0.272 e. The van der Waals surface area contributed by atoms with E-state index in [1.807, 2.05) is 58.3 Å². The van der Waals surface area contributed by atoms with Crippen molar-refractivity contribution < 1.29 is 9.59 Å². The molecule has 0 spiro atoms. The van der Waals surface area contributed by atoms with Crippen molar-refractivity contribution >= 4 is 39.7 Å². The number of aromatic nitrogens is 2. The van der Waals surface area contributed by atoms with Crippen LogP contribution >= 0.6 is 23.1 Å². The van der Waals surface area contributed by atoms with Gasteiger partial charge >= 0.3 is 0 Å². The third-order valence-corrected chi connectivity index (χ3v) is 6.59. The van der Waals surface area contributed by atoms with Crippen LogP contribution in [0.15, 0.2) is 40.7 Å². The Morgan fingerprint density at radius 3 is 2.78 bits per heavy atom. The predicted molar refractivity (Wildman–Crippen MR) is 109 cm³/mol. The zero-order chi connectivity index (χ0) is 19.0. The Morgan fingerprint density at radius 2 is 2.04 bits per heavy atom. The first-order chi connectivity index (χ1) is 13.1. The number of fused-ring (bicyclic) bond motifs is 1. The largest absolute Gasteiger partial charge is 0.337 e. The van der Waals surface area contributed by atoms with Crippen LogP contribution in [0.5, 0.6) is 0 Å². The highest BCUT2D eigenvalue weighted by Gasteiger charge is 2.31. The molecule has 0 N–H and O–H groups in total. The van der Waals surface area contributed by atoms with Gasteiger partial charge in [-0.2, -0.15) is 0 Å². The summed E-state index contributed by atoms with van der Waals surface area (Å²) in [6.45, 7) is 3.02. The maximum absolute atomic E-state index is 13.1. The lowest BCUT2D eigenvalue weighted by Gasteiger charge is -2.32. The lowest BCUT2D eigenvalue weighted by atomic mass is 9.90. The molecule has 1 atom stereocenters. The smallest absolute Gasteiger partial charge is 0.272 e. The van der Waals surface area contributed by atoms with Gasteiger partial charge in [0.05, 0.1) is 5.69 Å². The Morgan fingerprint density at radius 1 is 1.26 bits per heavy atom. The molecule has 0 unspecified atom stereocenters. The number of hydrogen-bond acceptors (Lipinski definition) is 5. The molecule has 0 aliphatic carbocycles. The Labute approximate surface area is 166 Å². The molecule has 1 aliphatic rings. The summed E-state index contributed by atoms with van der Waals surface area (Å²) in [6, 6.07) is 7.75. The van der Waals surface area contributed by atoms with Crippen LogP contribution in [-0.2, 0) is 0 Å². The second-order valence-electron chi connectivity index (χ2n) is 6.78. The molecule has 1 aromatic carbocycles. The average molecular weight is 400 g/mol. The number of amides is 1. The van der Waals surface area contributed by atoms with E-state index >= 15 is 0 Å². The maximum atomic E-state index is 13.1. The van der Waals surface area contributed by atoms with Crippen LogP contribution in [0.4, 0.5) is 0 Å². The van der Waals surface area contributed by atoms with Crippen LogP contribution in [0.25, 0.3) is 4.96 Å². The predicted octanol–water partition coefficient (Wildman–Crippen LogP) is 4.16. The SMILES string of the molecule is CSc1ccc(C(=O)[C@@H]2CCCN(C(=O)c3c(C)nc4sccn34)C2)cc1. The fourth-order valence-corrected chi connectivity index (χ4v) is 4.84. The summed E-state index contributed by atoms with van der Waals surface area (Å²) in [5.41, 5.74) is 2.09. The number of benzene rings is 1. The van der Waals surface area contributed by atoms with Crippen molar-refractivity contribution in [3.05, 3.63) is 52.8 Å². The highest BCUT2D eigenvalue weighted by Crippen LogP contribution is 2.25. The highest BCUT2D eigenvalue weighted by atomic mass is 32.2. The van der Waals surface area contributed by atoms with E-state index in [0.29, 0.717) is 18.8 Å². The molecule has 0 saturated carbocycles. The van der Waals surface area contributed by atoms with E-state index in [1.54, 1.807) is 11.8 Å². The van der Waals surface area contributed by atoms with Crippen LogP contribution in [0, 0.1) is 12.8 Å². The highest BCUT2D eigenvalue weighted by molar-refractivity contribution is 7.98. The van der Waals surface area contributed by atoms with Crippen molar-refractivity contribution in [3.8, 4) is 0 Å². The second kappa shape index (κ2) is 7.48. The van der Waals surface area contributed by atoms with Gasteiger partial charge in [-0.05, 0) is 38.2 Å². The first kappa shape index (κ1) is 18.3. The van der Waals surface area contributed by atoms with E-state index in [-0.39, 0.29) is 17.6 Å². The van der Waals surface area contributed by atoms with Gasteiger partial charge in [-0.15, -0.1) is 23.1 Å². The van der Waals surface area contributed by atoms with Crippen molar-refractivity contribution in [1.82, 2.24) is 14.3 Å². The minimum absolute atomic E-state index is 0.0337. The summed E-state index contributed by atoms with van der Waals surface area (Å²) < 4.78 is 1.86. The molecule has 7 heteroatoms. The number of carbonyl (C=O) groups is 2. The number of rotatable bonds is 4. The van der Waals surface area contributed by atoms with E-state index in [1.165, 1.54) is 11.3 Å². The van der Waals surface area contributed by atoms with E-state index in [9.17, 15) is 9.59 Å². The molecule has 3 heterocycles. The molecule has 2 aromatic heterocycles. The van der Waals surface area contributed by atoms with Gasteiger partial charge in [0, 0.05) is 41.0 Å². The number of likely N-dealkylation sites (tertiary alicyclic amines) is 1. The minimum Gasteiger partial charge on any atom is -0.337 e. The van der Waals surface area contributed by atoms with Gasteiger partial charge in [-0.25, -0.2) is 4.98 Å². The Bertz CT molecular complexity index is 990. The number of Topliss-reactive ketones (excluding diaryl/α,β-unsaturated/α-hetero) is 1. The topological polar surface area (TPSA) is 54.7 Å². The quantitative estimate of drug-likeness (QED) is 0.488. The number of nitrogens with zero attached hydrogens (tertiary/aromatic N) is 3. The van der Waals surface area contributed by atoms with Crippen molar-refractivity contribution in [2.24, 2.45) is 5.92 Å². The molecule has 0 bridgehead atoms. The molecule has 1 aliphatic heterocycles. The molecule has 27 heavy (non-hydrogen) atoms. The third-order valence-electron chi connectivity index (χ3n) is 5.09. The van der Waals surface area contributed by atoms with E-state index in [4.69, 9.17) is 0 Å². The van der Waals surface area contributed by atoms with Gasteiger partial charge in [0.15, 0.2) is 10.7 Å². The van der Waals surface area contributed by atoms with E-state index in [2.05, 4.69) is 4.98 Å². The lowest BCUT2D eigenvalue weighted by molar-refractivity contribution is 0.0630. The van der Waals surface area contributed by atoms with Crippen molar-refractivity contribution in [2.75, 3.05) is 19.3 Å². The molecule has 5 nitrogen and oxygen atoms in total. The van der Waals surface area contributed by atoms with Crippen LogP contribution in [0.3, 0.4) is 0 Å². The molecule has 0 radical (unpaired) electrons. The summed E-state index contributed by atoms with van der Waals surface area (Å²) in [5.74, 6) is -0.0477. The monoisotopic (exact) mass is 399 g/mol. The number of thioether (sulfide) groups is 1. The summed E-state index contributed by atoms with van der Waals surface area (Å²) >= 11 is 3.18. The number of imidazole rings is 1. The number of ketones is 1. The molecule has 1 saturated heterocycles. The first-order valence-corrected chi connectivity index (χ1v) is 11.1. The molecule has 1 amide bonds. The zero-order valence-electron chi connectivity index (χ0n) is 15.3. The van der Waals surface area contributed by atoms with Gasteiger partial charge < -0.3 is 4.90 Å². The Balaban J connectivity index is 1.53. The van der Waals surface area contributed by atoms with E-state index < -0.39 is 0 Å². The minimum atomic E-state index is -0.144. The number of aryl methyl sites for hydroxylation is 1. The summed E-state index contributed by atoms with van der Waals surface area (Å²) in [5, 5.41) is 1.93. The van der Waals surface area contributed by atoms with Gasteiger partial charge in [0.25, 0.3) is 5.91 Å². The normalized spacial score (nSPS) is 17.4. The van der Waals surface area contributed by atoms with Gasteiger partial charge in [0.2, 0.25) is 0 Å². The summed E-state index contributed by atoms with van der Waals surface area (Å²) in [4.78, 5) is 34.3. The van der Waals surface area contributed by atoms with Gasteiger partial charge in [-0.3, -0.25) is 14.0 Å². The van der Waals surface area contributed by atoms with Crippen molar-refractivity contribution in [2.45, 2.75) is 24.7 Å². The molecule has 1 fully saturated rings. The van der Waals surface area contributed by atoms with Crippen LogP contribution in [0.1, 0.15) is 39.4 Å². The summed E-state index contributed by atoms with van der Waals surface area (Å²) in [7, 11) is 0. The molecule has 140 valence electrons. The van der Waals surface area contributed by atoms with Crippen LogP contribution < -0.4 is 0 Å². The third kappa shape index (κ3) is 3.41. The van der Waals surface area contributed by atoms with Gasteiger partial charge in [0.1, 0.15) is 5.69 Å². The van der Waals surface area contributed by atoms with Crippen LogP contribution in [-0.4, -0.2) is 45.3 Å². The average Bonchev–Trinajstić information content (AvgIpc) is 3.27. The van der Waals surface area contributed by atoms with Crippen LogP contribution in [0.2, 0.25) is 0 Å². The second-order valence-corrected chi connectivity index (χ2v) is 8.54. The molecule has 4 rings (SSSR count). The molecule has 3 aromatic rings. The molecular formula is C20H21N3O2S2. The van der Waals surface area contributed by atoms with E-state index in [0.717, 1.165) is 34.0 Å². The number of carbonyl (C=O) groups excluding carboxylic acids is 2. The zero-order valence-corrected chi connectivity index (χ0v) is 17.0. The standard InChI is InChI=1S/C20H21N3O2S2/c1-13-17(23-10-11-27-20(23)21-13)19(25)22-9-3-4-15(12-22)18(24)14-5-7-16(26-2)8-6-14/h5-8,10-11,15H,3-4,9,12H2,1-2H3/t15-/m1/s1. The Hall–Kier alpha value is -2.12. The number of piperidine rings is 1. The first-order valence-electron chi connectivity index (χ1n) is 8.98. The van der Waals surface area contributed by atoms with Gasteiger partial charge in [-0.1, -0.05) is 12.1 Å². The lowest BCUT2D eigenvalue weighted by Crippen LogP contribution is -2.43. The van der Waals surface area contributed by atoms with Crippen molar-refractivity contribution in [1.29, 1.82) is 0 Å².